The molecule has 0 radical (unpaired) electrons. The Kier molecular flexibility index (Phi) is 9.36. The van der Waals surface area contributed by atoms with Crippen LogP contribution in [-0.2, 0) is 0 Å². The summed E-state index contributed by atoms with van der Waals surface area (Å²) in [5.41, 5.74) is 3.62. The van der Waals surface area contributed by atoms with Gasteiger partial charge in [-0.2, -0.15) is 0 Å². The van der Waals surface area contributed by atoms with Crippen molar-refractivity contribution < 1.29 is 4.74 Å². The molecule has 0 N–H and O–H groups in total. The molecule has 1 nitrogen and oxygen atoms in total. The van der Waals surface area contributed by atoms with Gasteiger partial charge in [-0.3, -0.25) is 0 Å². The third kappa shape index (κ3) is 7.24. The smallest absolute Gasteiger partial charge is 0.119 e. The highest BCUT2D eigenvalue weighted by Crippen LogP contribution is 2.37. The molecule has 0 heterocycles. The maximum Gasteiger partial charge on any atom is 0.119 e. The minimum absolute atomic E-state index is 0.693. The van der Waals surface area contributed by atoms with Crippen LogP contribution in [0, 0.1) is 17.8 Å². The Hall–Kier alpha value is -2.20. The van der Waals surface area contributed by atoms with Gasteiger partial charge in [-0.1, -0.05) is 69.4 Å². The van der Waals surface area contributed by atoms with E-state index in [1.54, 1.807) is 0 Å². The van der Waals surface area contributed by atoms with Crippen molar-refractivity contribution in [3.8, 4) is 17.6 Å². The van der Waals surface area contributed by atoms with E-state index in [2.05, 4.69) is 43.0 Å². The van der Waals surface area contributed by atoms with Gasteiger partial charge in [0.2, 0.25) is 0 Å². The lowest BCUT2D eigenvalue weighted by Crippen LogP contribution is -2.13. The lowest BCUT2D eigenvalue weighted by molar-refractivity contribution is 0.302. The first-order valence-corrected chi connectivity index (χ1v) is 12.1. The minimum atomic E-state index is 0.693. The van der Waals surface area contributed by atoms with Crippen LogP contribution in [0.5, 0.6) is 5.75 Å². The first-order valence-electron chi connectivity index (χ1n) is 12.1. The molecular weight excluding hydrogens is 364 g/mol. The fourth-order valence-corrected chi connectivity index (χ4v) is 4.61. The van der Waals surface area contributed by atoms with Crippen LogP contribution >= 0.6 is 0 Å². The van der Waals surface area contributed by atoms with Gasteiger partial charge in [-0.25, -0.2) is 0 Å². The zero-order chi connectivity index (χ0) is 21.0. The summed E-state index contributed by atoms with van der Waals surface area (Å²) >= 11 is 0. The number of hydrogen-bond acceptors (Lipinski definition) is 1. The number of hydrogen-bond donors (Lipinski definition) is 0. The maximum atomic E-state index is 5.49. The lowest BCUT2D eigenvalue weighted by atomic mass is 9.77. The molecule has 3 rings (SSSR count). The van der Waals surface area contributed by atoms with Crippen molar-refractivity contribution in [3.63, 3.8) is 0 Å². The molecule has 160 valence electrons. The summed E-state index contributed by atoms with van der Waals surface area (Å²) in [7, 11) is 0. The number of benzene rings is 2. The fourth-order valence-electron chi connectivity index (χ4n) is 4.61. The van der Waals surface area contributed by atoms with Crippen molar-refractivity contribution in [3.05, 3.63) is 65.2 Å². The van der Waals surface area contributed by atoms with E-state index in [0.717, 1.165) is 28.7 Å². The predicted molar refractivity (Wildman–Crippen MR) is 128 cm³/mol. The Morgan fingerprint density at radius 1 is 0.733 bits per heavy atom. The van der Waals surface area contributed by atoms with Crippen molar-refractivity contribution in [2.24, 2.45) is 5.92 Å². The molecular formula is C29H38O. The summed E-state index contributed by atoms with van der Waals surface area (Å²) in [6.45, 7) is 4.99. The minimum Gasteiger partial charge on any atom is -0.494 e. The molecule has 0 amide bonds. The maximum absolute atomic E-state index is 5.49. The van der Waals surface area contributed by atoms with Crippen molar-refractivity contribution in [2.75, 3.05) is 6.61 Å². The molecule has 0 aromatic heterocycles. The van der Waals surface area contributed by atoms with E-state index in [-0.39, 0.29) is 0 Å². The second kappa shape index (κ2) is 12.5. The van der Waals surface area contributed by atoms with Gasteiger partial charge in [-0.15, -0.1) is 0 Å². The molecule has 0 saturated heterocycles. The van der Waals surface area contributed by atoms with Crippen LogP contribution in [0.2, 0.25) is 0 Å². The summed E-state index contributed by atoms with van der Waals surface area (Å²) in [4.78, 5) is 0. The summed E-state index contributed by atoms with van der Waals surface area (Å²) < 4.78 is 5.49. The highest BCUT2D eigenvalue weighted by atomic mass is 16.5. The quantitative estimate of drug-likeness (QED) is 0.304. The van der Waals surface area contributed by atoms with Gasteiger partial charge in [-0.05, 0) is 86.4 Å². The van der Waals surface area contributed by atoms with E-state index in [1.165, 1.54) is 69.8 Å². The topological polar surface area (TPSA) is 9.23 Å². The fraction of sp³-hybridized carbons (Fsp3) is 0.517. The van der Waals surface area contributed by atoms with Crippen molar-refractivity contribution >= 4 is 0 Å². The molecule has 0 bridgehead atoms. The predicted octanol–water partition coefficient (Wildman–Crippen LogP) is 8.12. The van der Waals surface area contributed by atoms with Crippen LogP contribution in [0.3, 0.4) is 0 Å². The van der Waals surface area contributed by atoms with Gasteiger partial charge < -0.3 is 4.74 Å². The highest BCUT2D eigenvalue weighted by Gasteiger charge is 2.21. The normalized spacial score (nSPS) is 18.5. The monoisotopic (exact) mass is 402 g/mol. The Labute approximate surface area is 184 Å². The van der Waals surface area contributed by atoms with E-state index in [1.807, 2.05) is 31.2 Å². The molecule has 1 saturated carbocycles. The molecule has 1 aliphatic rings. The number of rotatable bonds is 9. The number of unbranched alkanes of at least 4 members (excludes halogenated alkanes) is 4. The molecule has 2 aromatic rings. The van der Waals surface area contributed by atoms with Gasteiger partial charge in [0.25, 0.3) is 0 Å². The molecule has 1 aliphatic carbocycles. The largest absolute Gasteiger partial charge is 0.494 e. The first kappa shape index (κ1) is 22.5. The number of ether oxygens (including phenoxy) is 1. The molecule has 2 aromatic carbocycles. The Balaban J connectivity index is 1.45. The molecule has 0 atom stereocenters. The molecule has 0 spiro atoms. The van der Waals surface area contributed by atoms with Gasteiger partial charge in [0, 0.05) is 11.1 Å². The zero-order valence-electron chi connectivity index (χ0n) is 19.0. The molecule has 30 heavy (non-hydrogen) atoms. The van der Waals surface area contributed by atoms with Gasteiger partial charge in [0.15, 0.2) is 0 Å². The highest BCUT2D eigenvalue weighted by molar-refractivity contribution is 5.45. The van der Waals surface area contributed by atoms with Crippen molar-refractivity contribution in [2.45, 2.75) is 84.0 Å². The van der Waals surface area contributed by atoms with Crippen LogP contribution in [0.15, 0.2) is 48.5 Å². The summed E-state index contributed by atoms with van der Waals surface area (Å²) in [5.74, 6) is 9.18. The van der Waals surface area contributed by atoms with Crippen molar-refractivity contribution in [1.82, 2.24) is 0 Å². The van der Waals surface area contributed by atoms with Crippen LogP contribution < -0.4 is 4.74 Å². The van der Waals surface area contributed by atoms with Crippen LogP contribution in [0.4, 0.5) is 0 Å². The summed E-state index contributed by atoms with van der Waals surface area (Å²) in [5, 5.41) is 0. The lowest BCUT2D eigenvalue weighted by Gasteiger charge is -2.29. The van der Waals surface area contributed by atoms with Gasteiger partial charge in [0.05, 0.1) is 6.61 Å². The van der Waals surface area contributed by atoms with E-state index >= 15 is 0 Å². The van der Waals surface area contributed by atoms with Crippen molar-refractivity contribution in [1.29, 1.82) is 0 Å². The zero-order valence-corrected chi connectivity index (χ0v) is 19.0. The third-order valence-electron chi connectivity index (χ3n) is 6.46. The van der Waals surface area contributed by atoms with E-state index in [4.69, 9.17) is 4.74 Å². The average molecular weight is 403 g/mol. The molecule has 1 heteroatoms. The second-order valence-electron chi connectivity index (χ2n) is 8.75. The SMILES string of the molecule is CCCCCCC[C@H]1CC[C@H](c2ccc(C#Cc3ccc(OCC)cc3)cc2)CC1. The molecule has 0 aliphatic heterocycles. The van der Waals surface area contributed by atoms with E-state index in [0.29, 0.717) is 6.61 Å². The third-order valence-corrected chi connectivity index (χ3v) is 6.46. The Morgan fingerprint density at radius 2 is 1.33 bits per heavy atom. The Morgan fingerprint density at radius 3 is 1.93 bits per heavy atom. The summed E-state index contributed by atoms with van der Waals surface area (Å²) in [6, 6.07) is 17.0. The molecule has 0 unspecified atom stereocenters. The van der Waals surface area contributed by atoms with E-state index < -0.39 is 0 Å². The second-order valence-corrected chi connectivity index (χ2v) is 8.75. The Bertz CT molecular complexity index is 783. The van der Waals surface area contributed by atoms with Crippen LogP contribution in [-0.4, -0.2) is 6.61 Å². The average Bonchev–Trinajstić information content (AvgIpc) is 2.79. The van der Waals surface area contributed by atoms with Gasteiger partial charge in [0.1, 0.15) is 5.75 Å². The van der Waals surface area contributed by atoms with Gasteiger partial charge >= 0.3 is 0 Å². The standard InChI is InChI=1S/C29H38O/c1-3-5-6-7-8-9-24-12-18-27(19-13-24)28-20-14-25(15-21-28)10-11-26-16-22-29(23-17-26)30-4-2/h14-17,20-24,27H,3-9,12-13,18-19H2,1-2H3/t24-,27-. The van der Waals surface area contributed by atoms with E-state index in [9.17, 15) is 0 Å². The van der Waals surface area contributed by atoms with Crippen LogP contribution in [0.1, 0.15) is 101 Å². The summed E-state index contributed by atoms with van der Waals surface area (Å²) in [6.07, 6.45) is 14.1. The molecule has 1 fully saturated rings. The first-order chi connectivity index (χ1) is 14.8. The van der Waals surface area contributed by atoms with Crippen LogP contribution in [0.25, 0.3) is 0 Å².